The minimum absolute atomic E-state index is 0. The van der Waals surface area contributed by atoms with Crippen molar-refractivity contribution in [1.29, 1.82) is 0 Å². The predicted octanol–water partition coefficient (Wildman–Crippen LogP) is 1.87. The van der Waals surface area contributed by atoms with E-state index in [1.54, 1.807) is 0 Å². The maximum Gasteiger partial charge on any atom is 0.639 e. The van der Waals surface area contributed by atoms with Gasteiger partial charge in [0.25, 0.3) is 0 Å². The van der Waals surface area contributed by atoms with Crippen LogP contribution in [-0.2, 0) is 14.0 Å². The van der Waals surface area contributed by atoms with E-state index in [2.05, 4.69) is 20.8 Å². The molecule has 79 valence electrons. The molecule has 0 aliphatic rings. The number of rotatable bonds is 9. The van der Waals surface area contributed by atoms with Gasteiger partial charge in [0.1, 0.15) is 0 Å². The zero-order valence-corrected chi connectivity index (χ0v) is 12.0. The van der Waals surface area contributed by atoms with Gasteiger partial charge in [-0.1, -0.05) is 20.8 Å². The van der Waals surface area contributed by atoms with Crippen molar-refractivity contribution in [2.24, 2.45) is 0 Å². The van der Waals surface area contributed by atoms with Gasteiger partial charge in [0.15, 0.2) is 0 Å². The molecule has 0 bridgehead atoms. The molecule has 0 aromatic heterocycles. The van der Waals surface area contributed by atoms with Crippen molar-refractivity contribution in [3.8, 4) is 0 Å². The van der Waals surface area contributed by atoms with E-state index in [-0.39, 0.29) is 29.6 Å². The van der Waals surface area contributed by atoms with Crippen molar-refractivity contribution in [1.82, 2.24) is 0 Å². The SMILES string of the molecule is CCCOB(OCCC)OCCC.[Na]. The third-order valence-corrected chi connectivity index (χ3v) is 1.37. The fraction of sp³-hybridized carbons (Fsp3) is 1.00. The van der Waals surface area contributed by atoms with Gasteiger partial charge in [-0.3, -0.25) is 0 Å². The smallest absolute Gasteiger partial charge is 0.386 e. The van der Waals surface area contributed by atoms with E-state index in [1.807, 2.05) is 0 Å². The molecular weight excluding hydrogens is 190 g/mol. The number of hydrogen-bond donors (Lipinski definition) is 0. The molecule has 5 heteroatoms. The van der Waals surface area contributed by atoms with E-state index in [1.165, 1.54) is 0 Å². The Labute approximate surface area is 110 Å². The zero-order valence-electron chi connectivity index (χ0n) is 10.0. The number of hydrogen-bond acceptors (Lipinski definition) is 3. The summed E-state index contributed by atoms with van der Waals surface area (Å²) in [6.45, 7) is 8.28. The van der Waals surface area contributed by atoms with Gasteiger partial charge in [0.2, 0.25) is 0 Å². The fourth-order valence-electron chi connectivity index (χ4n) is 0.787. The Balaban J connectivity index is 0. The van der Waals surface area contributed by atoms with E-state index < -0.39 is 7.32 Å². The summed E-state index contributed by atoms with van der Waals surface area (Å²) in [6.07, 6.45) is 2.96. The monoisotopic (exact) mass is 211 g/mol. The van der Waals surface area contributed by atoms with Crippen LogP contribution in [0.15, 0.2) is 0 Å². The van der Waals surface area contributed by atoms with Crippen molar-refractivity contribution < 1.29 is 14.0 Å². The Bertz CT molecular complexity index is 87.0. The van der Waals surface area contributed by atoms with Crippen LogP contribution >= 0.6 is 0 Å². The normalized spacial score (nSPS) is 9.64. The molecule has 0 saturated carbocycles. The van der Waals surface area contributed by atoms with Gasteiger partial charge >= 0.3 is 7.32 Å². The molecule has 0 aliphatic heterocycles. The first-order chi connectivity index (χ1) is 6.35. The summed E-state index contributed by atoms with van der Waals surface area (Å²) < 4.78 is 16.1. The van der Waals surface area contributed by atoms with Crippen LogP contribution in [0.5, 0.6) is 0 Å². The molecule has 0 N–H and O–H groups in total. The van der Waals surface area contributed by atoms with Crippen LogP contribution in [0.2, 0.25) is 0 Å². The molecule has 0 rings (SSSR count). The van der Waals surface area contributed by atoms with Gasteiger partial charge in [-0.05, 0) is 19.3 Å². The Morgan fingerprint density at radius 2 is 1.00 bits per heavy atom. The molecule has 0 heterocycles. The summed E-state index contributed by atoms with van der Waals surface area (Å²) in [5, 5.41) is 0. The third kappa shape index (κ3) is 11.0. The Morgan fingerprint density at radius 1 is 0.714 bits per heavy atom. The van der Waals surface area contributed by atoms with Crippen molar-refractivity contribution in [2.75, 3.05) is 19.8 Å². The second-order valence-electron chi connectivity index (χ2n) is 2.90. The van der Waals surface area contributed by atoms with Crippen molar-refractivity contribution in [3.63, 3.8) is 0 Å². The maximum atomic E-state index is 5.35. The Kier molecular flexibility index (Phi) is 17.3. The van der Waals surface area contributed by atoms with E-state index in [0.29, 0.717) is 19.8 Å². The van der Waals surface area contributed by atoms with Crippen LogP contribution < -0.4 is 0 Å². The van der Waals surface area contributed by atoms with E-state index in [9.17, 15) is 0 Å². The molecule has 3 nitrogen and oxygen atoms in total. The van der Waals surface area contributed by atoms with Crippen molar-refractivity contribution in [2.45, 2.75) is 40.0 Å². The van der Waals surface area contributed by atoms with Gasteiger partial charge < -0.3 is 14.0 Å². The Hall–Kier alpha value is 0.945. The topological polar surface area (TPSA) is 27.7 Å². The fourth-order valence-corrected chi connectivity index (χ4v) is 0.787. The molecular formula is C9H21BNaO3. The predicted molar refractivity (Wildman–Crippen MR) is 60.2 cm³/mol. The molecule has 0 unspecified atom stereocenters. The minimum atomic E-state index is -0.458. The summed E-state index contributed by atoms with van der Waals surface area (Å²) in [6, 6.07) is 0. The summed E-state index contributed by atoms with van der Waals surface area (Å²) in [5.41, 5.74) is 0. The second kappa shape index (κ2) is 13.9. The van der Waals surface area contributed by atoms with Crippen LogP contribution in [0.3, 0.4) is 0 Å². The summed E-state index contributed by atoms with van der Waals surface area (Å²) in [7, 11) is -0.458. The van der Waals surface area contributed by atoms with Gasteiger partial charge in [-0.2, -0.15) is 0 Å². The maximum absolute atomic E-state index is 5.35. The second-order valence-corrected chi connectivity index (χ2v) is 2.90. The van der Waals surface area contributed by atoms with Gasteiger partial charge in [0, 0.05) is 49.4 Å². The van der Waals surface area contributed by atoms with Crippen LogP contribution in [0, 0.1) is 0 Å². The van der Waals surface area contributed by atoms with E-state index in [4.69, 9.17) is 14.0 Å². The molecule has 1 radical (unpaired) electrons. The zero-order chi connectivity index (χ0) is 9.94. The van der Waals surface area contributed by atoms with Gasteiger partial charge in [-0.25, -0.2) is 0 Å². The molecule has 0 amide bonds. The average molecular weight is 211 g/mol. The van der Waals surface area contributed by atoms with E-state index in [0.717, 1.165) is 19.3 Å². The third-order valence-electron chi connectivity index (χ3n) is 1.37. The summed E-state index contributed by atoms with van der Waals surface area (Å²) >= 11 is 0. The quantitative estimate of drug-likeness (QED) is 0.545. The molecule has 0 aromatic carbocycles. The molecule has 0 spiro atoms. The first-order valence-corrected chi connectivity index (χ1v) is 5.19. The van der Waals surface area contributed by atoms with Crippen LogP contribution in [-0.4, -0.2) is 56.7 Å². The molecule has 0 aliphatic carbocycles. The van der Waals surface area contributed by atoms with Gasteiger partial charge in [0.05, 0.1) is 0 Å². The van der Waals surface area contributed by atoms with Crippen molar-refractivity contribution in [3.05, 3.63) is 0 Å². The van der Waals surface area contributed by atoms with E-state index >= 15 is 0 Å². The van der Waals surface area contributed by atoms with Crippen LogP contribution in [0.25, 0.3) is 0 Å². The van der Waals surface area contributed by atoms with Gasteiger partial charge in [-0.15, -0.1) is 0 Å². The molecule has 0 atom stereocenters. The summed E-state index contributed by atoms with van der Waals surface area (Å²) in [5.74, 6) is 0. The molecule has 0 aromatic rings. The standard InChI is InChI=1S/C9H21BO3.Na/c1-4-7-11-10(12-8-5-2)13-9-6-3;/h4-9H2,1-3H3;. The molecule has 0 saturated heterocycles. The first-order valence-electron chi connectivity index (χ1n) is 5.19. The average Bonchev–Trinajstić information content (AvgIpc) is 2.17. The Morgan fingerprint density at radius 3 is 1.21 bits per heavy atom. The van der Waals surface area contributed by atoms with Crippen LogP contribution in [0.1, 0.15) is 40.0 Å². The van der Waals surface area contributed by atoms with Crippen molar-refractivity contribution >= 4 is 36.9 Å². The summed E-state index contributed by atoms with van der Waals surface area (Å²) in [4.78, 5) is 0. The van der Waals surface area contributed by atoms with Crippen LogP contribution in [0.4, 0.5) is 0 Å². The largest absolute Gasteiger partial charge is 0.639 e. The molecule has 0 fully saturated rings. The first kappa shape index (κ1) is 17.3. The minimum Gasteiger partial charge on any atom is -0.386 e. The molecule has 14 heavy (non-hydrogen) atoms.